The summed E-state index contributed by atoms with van der Waals surface area (Å²) >= 11 is 5.69. The van der Waals surface area contributed by atoms with Crippen molar-refractivity contribution < 1.29 is 9.53 Å². The van der Waals surface area contributed by atoms with Crippen LogP contribution in [-0.4, -0.2) is 35.9 Å². The van der Waals surface area contributed by atoms with E-state index in [1.54, 1.807) is 4.90 Å². The molecule has 0 saturated carbocycles. The van der Waals surface area contributed by atoms with Gasteiger partial charge in [0, 0.05) is 18.5 Å². The van der Waals surface area contributed by atoms with Crippen molar-refractivity contribution >= 4 is 17.5 Å². The van der Waals surface area contributed by atoms with Crippen LogP contribution in [0.1, 0.15) is 20.3 Å². The molecule has 0 spiro atoms. The van der Waals surface area contributed by atoms with Gasteiger partial charge in [0.15, 0.2) is 0 Å². The van der Waals surface area contributed by atoms with E-state index < -0.39 is 0 Å². The van der Waals surface area contributed by atoms with Gasteiger partial charge in [-0.05, 0) is 26.0 Å². The Kier molecular flexibility index (Phi) is 6.58. The molecule has 1 aromatic carbocycles. The van der Waals surface area contributed by atoms with Crippen molar-refractivity contribution in [3.8, 4) is 5.75 Å². The minimum absolute atomic E-state index is 0.0848. The third kappa shape index (κ3) is 4.96. The topological polar surface area (TPSA) is 29.5 Å². The van der Waals surface area contributed by atoms with E-state index in [0.29, 0.717) is 25.5 Å². The molecular weight excluding hydrogens is 250 g/mol. The van der Waals surface area contributed by atoms with Gasteiger partial charge in [0.25, 0.3) is 0 Å². The molecule has 1 rings (SSSR count). The molecule has 0 atom stereocenters. The minimum atomic E-state index is 0.0848. The Bertz CT molecular complexity index is 354. The van der Waals surface area contributed by atoms with Crippen molar-refractivity contribution in [1.29, 1.82) is 0 Å². The van der Waals surface area contributed by atoms with Gasteiger partial charge in [0.05, 0.1) is 13.0 Å². The summed E-state index contributed by atoms with van der Waals surface area (Å²) in [5.41, 5.74) is 0. The molecule has 0 aliphatic carbocycles. The molecule has 0 fully saturated rings. The number of hydrogen-bond acceptors (Lipinski definition) is 2. The maximum Gasteiger partial charge on any atom is 0.226 e. The number of alkyl halides is 1. The Morgan fingerprint density at radius 3 is 2.56 bits per heavy atom. The van der Waals surface area contributed by atoms with Gasteiger partial charge in [0.1, 0.15) is 5.75 Å². The molecule has 100 valence electrons. The summed E-state index contributed by atoms with van der Waals surface area (Å²) in [6, 6.07) is 9.68. The molecule has 0 aliphatic rings. The van der Waals surface area contributed by atoms with Crippen LogP contribution in [0.3, 0.4) is 0 Å². The van der Waals surface area contributed by atoms with E-state index in [0.717, 1.165) is 5.75 Å². The lowest BCUT2D eigenvalue weighted by atomic mass is 10.3. The van der Waals surface area contributed by atoms with Crippen molar-refractivity contribution in [1.82, 2.24) is 4.90 Å². The lowest BCUT2D eigenvalue weighted by molar-refractivity contribution is -0.133. The normalized spacial score (nSPS) is 10.4. The van der Waals surface area contributed by atoms with Crippen molar-refractivity contribution in [2.45, 2.75) is 26.3 Å². The number of para-hydroxylation sites is 1. The van der Waals surface area contributed by atoms with Gasteiger partial charge in [0.2, 0.25) is 5.91 Å². The minimum Gasteiger partial charge on any atom is -0.493 e. The molecule has 18 heavy (non-hydrogen) atoms. The predicted octanol–water partition coefficient (Wildman–Crippen LogP) is 2.93. The second-order valence-corrected chi connectivity index (χ2v) is 4.66. The summed E-state index contributed by atoms with van der Waals surface area (Å²) in [5.74, 6) is 1.34. The van der Waals surface area contributed by atoms with Crippen LogP contribution in [0, 0.1) is 0 Å². The molecule has 0 N–H and O–H groups in total. The molecule has 1 amide bonds. The summed E-state index contributed by atoms with van der Waals surface area (Å²) in [6.45, 7) is 4.96. The van der Waals surface area contributed by atoms with Crippen LogP contribution >= 0.6 is 11.6 Å². The van der Waals surface area contributed by atoms with E-state index in [4.69, 9.17) is 16.3 Å². The Morgan fingerprint density at radius 2 is 2.00 bits per heavy atom. The first-order chi connectivity index (χ1) is 8.65. The Balaban J connectivity index is 2.36. The van der Waals surface area contributed by atoms with E-state index in [1.165, 1.54) is 0 Å². The fourth-order valence-corrected chi connectivity index (χ4v) is 1.86. The third-order valence-electron chi connectivity index (χ3n) is 2.60. The van der Waals surface area contributed by atoms with Crippen LogP contribution < -0.4 is 4.74 Å². The fourth-order valence-electron chi connectivity index (χ4n) is 1.68. The smallest absolute Gasteiger partial charge is 0.226 e. The molecular formula is C14H20ClNO2. The lowest BCUT2D eigenvalue weighted by Gasteiger charge is -2.25. The molecule has 0 radical (unpaired) electrons. The molecule has 0 bridgehead atoms. The number of amides is 1. The third-order valence-corrected chi connectivity index (χ3v) is 2.77. The molecule has 0 saturated heterocycles. The van der Waals surface area contributed by atoms with Crippen LogP contribution in [0.25, 0.3) is 0 Å². The number of hydrogen-bond donors (Lipinski definition) is 0. The van der Waals surface area contributed by atoms with Gasteiger partial charge < -0.3 is 9.64 Å². The molecule has 4 heteroatoms. The molecule has 0 aromatic heterocycles. The first-order valence-electron chi connectivity index (χ1n) is 6.18. The second kappa shape index (κ2) is 7.98. The molecule has 1 aromatic rings. The second-order valence-electron chi connectivity index (χ2n) is 4.28. The van der Waals surface area contributed by atoms with Crippen molar-refractivity contribution in [2.75, 3.05) is 19.0 Å². The maximum absolute atomic E-state index is 12.0. The summed E-state index contributed by atoms with van der Waals surface area (Å²) in [4.78, 5) is 13.7. The molecule has 0 heterocycles. The highest BCUT2D eigenvalue weighted by molar-refractivity contribution is 6.18. The number of ether oxygens (including phenoxy) is 1. The largest absolute Gasteiger partial charge is 0.493 e. The van der Waals surface area contributed by atoms with Crippen LogP contribution in [0.15, 0.2) is 30.3 Å². The zero-order valence-electron chi connectivity index (χ0n) is 10.9. The maximum atomic E-state index is 12.0. The average molecular weight is 270 g/mol. The van der Waals surface area contributed by atoms with E-state index in [-0.39, 0.29) is 11.9 Å². The molecule has 0 unspecified atom stereocenters. The van der Waals surface area contributed by atoms with Crippen molar-refractivity contribution in [3.63, 3.8) is 0 Å². The monoisotopic (exact) mass is 269 g/mol. The average Bonchev–Trinajstić information content (AvgIpc) is 2.36. The van der Waals surface area contributed by atoms with E-state index in [9.17, 15) is 4.79 Å². The lowest BCUT2D eigenvalue weighted by Crippen LogP contribution is -2.38. The standard InChI is InChI=1S/C14H20ClNO2/c1-12(2)16(10-9-15)14(17)8-11-18-13-6-4-3-5-7-13/h3-7,12H,8-11H2,1-2H3. The van der Waals surface area contributed by atoms with Gasteiger partial charge in [-0.25, -0.2) is 0 Å². The van der Waals surface area contributed by atoms with Crippen molar-refractivity contribution in [3.05, 3.63) is 30.3 Å². The van der Waals surface area contributed by atoms with Gasteiger partial charge in [-0.15, -0.1) is 11.6 Å². The first kappa shape index (κ1) is 14.8. The highest BCUT2D eigenvalue weighted by atomic mass is 35.5. The number of halogens is 1. The first-order valence-corrected chi connectivity index (χ1v) is 6.72. The van der Waals surface area contributed by atoms with Gasteiger partial charge in [-0.2, -0.15) is 0 Å². The zero-order valence-corrected chi connectivity index (χ0v) is 11.7. The number of benzene rings is 1. The van der Waals surface area contributed by atoms with Gasteiger partial charge in [-0.3, -0.25) is 4.79 Å². The van der Waals surface area contributed by atoms with E-state index in [2.05, 4.69) is 0 Å². The van der Waals surface area contributed by atoms with Crippen LogP contribution in [-0.2, 0) is 4.79 Å². The number of rotatable bonds is 7. The van der Waals surface area contributed by atoms with Crippen LogP contribution in [0.4, 0.5) is 0 Å². The highest BCUT2D eigenvalue weighted by Crippen LogP contribution is 2.09. The van der Waals surface area contributed by atoms with Gasteiger partial charge >= 0.3 is 0 Å². The molecule has 3 nitrogen and oxygen atoms in total. The van der Waals surface area contributed by atoms with Crippen LogP contribution in [0.5, 0.6) is 5.75 Å². The quantitative estimate of drug-likeness (QED) is 0.713. The van der Waals surface area contributed by atoms with Crippen LogP contribution in [0.2, 0.25) is 0 Å². The Hall–Kier alpha value is -1.22. The Labute approximate surface area is 114 Å². The van der Waals surface area contributed by atoms with Gasteiger partial charge in [-0.1, -0.05) is 18.2 Å². The number of carbonyl (C=O) groups is 1. The zero-order chi connectivity index (χ0) is 13.4. The van der Waals surface area contributed by atoms with E-state index in [1.807, 2.05) is 44.2 Å². The summed E-state index contributed by atoms with van der Waals surface area (Å²) in [7, 11) is 0. The number of nitrogens with zero attached hydrogens (tertiary/aromatic N) is 1. The predicted molar refractivity (Wildman–Crippen MR) is 74.1 cm³/mol. The number of carbonyl (C=O) groups excluding carboxylic acids is 1. The Morgan fingerprint density at radius 1 is 1.33 bits per heavy atom. The molecule has 0 aliphatic heterocycles. The summed E-state index contributed by atoms with van der Waals surface area (Å²) < 4.78 is 5.50. The summed E-state index contributed by atoms with van der Waals surface area (Å²) in [5, 5.41) is 0. The van der Waals surface area contributed by atoms with Crippen molar-refractivity contribution in [2.24, 2.45) is 0 Å². The SMILES string of the molecule is CC(C)N(CCCl)C(=O)CCOc1ccccc1. The van der Waals surface area contributed by atoms with E-state index >= 15 is 0 Å². The highest BCUT2D eigenvalue weighted by Gasteiger charge is 2.15. The fraction of sp³-hybridized carbons (Fsp3) is 0.500. The summed E-state index contributed by atoms with van der Waals surface area (Å²) in [6.07, 6.45) is 0.379.